The molecule has 1 aliphatic rings. The highest BCUT2D eigenvalue weighted by Gasteiger charge is 2.41. The van der Waals surface area contributed by atoms with Gasteiger partial charge in [-0.3, -0.25) is 0 Å². The summed E-state index contributed by atoms with van der Waals surface area (Å²) >= 11 is 3.81. The van der Waals surface area contributed by atoms with E-state index in [1.807, 2.05) is 45.2 Å². The Labute approximate surface area is 271 Å². The van der Waals surface area contributed by atoms with Crippen molar-refractivity contribution in [1.82, 2.24) is 24.6 Å². The Morgan fingerprint density at radius 1 is 0.867 bits per heavy atom. The summed E-state index contributed by atoms with van der Waals surface area (Å²) in [6.07, 6.45) is 2.40. The van der Waals surface area contributed by atoms with E-state index in [0.717, 1.165) is 55.3 Å². The first-order valence-electron chi connectivity index (χ1n) is 15.2. The Balaban J connectivity index is 1.36. The third kappa shape index (κ3) is 5.27. The molecule has 0 aliphatic carbocycles. The molecule has 1 fully saturated rings. The molecule has 7 rings (SSSR count). The highest BCUT2D eigenvalue weighted by molar-refractivity contribution is 9.10. The van der Waals surface area contributed by atoms with Crippen molar-refractivity contribution in [2.45, 2.75) is 44.2 Å². The van der Waals surface area contributed by atoms with E-state index in [0.29, 0.717) is 13.1 Å². The number of aromatic nitrogens is 4. The van der Waals surface area contributed by atoms with Crippen LogP contribution in [0.5, 0.6) is 0 Å². The number of carbonyl (C=O) groups excluding carboxylic acids is 1. The van der Waals surface area contributed by atoms with Crippen molar-refractivity contribution in [3.63, 3.8) is 0 Å². The molecule has 2 aromatic heterocycles. The molecule has 1 saturated heterocycles. The molecule has 1 amide bonds. The van der Waals surface area contributed by atoms with Gasteiger partial charge < -0.3 is 9.64 Å². The number of nitrogens with zero attached hydrogens (tertiary/aromatic N) is 5. The van der Waals surface area contributed by atoms with E-state index in [1.54, 1.807) is 4.90 Å². The number of amides is 1. The summed E-state index contributed by atoms with van der Waals surface area (Å²) in [5.41, 5.74) is 3.81. The van der Waals surface area contributed by atoms with Gasteiger partial charge in [0, 0.05) is 36.0 Å². The maximum atomic E-state index is 12.7. The molecule has 226 valence electrons. The van der Waals surface area contributed by atoms with Gasteiger partial charge in [-0.1, -0.05) is 91.0 Å². The molecule has 0 saturated carbocycles. The molecule has 1 aliphatic heterocycles. The molecule has 0 N–H and O–H groups in total. The second-order valence-electron chi connectivity index (χ2n) is 12.6. The van der Waals surface area contributed by atoms with E-state index >= 15 is 0 Å². The van der Waals surface area contributed by atoms with Crippen LogP contribution in [-0.2, 0) is 10.3 Å². The Morgan fingerprint density at radius 2 is 1.44 bits per heavy atom. The number of likely N-dealkylation sites (tertiary alicyclic amines) is 1. The van der Waals surface area contributed by atoms with Gasteiger partial charge in [-0.05, 0) is 71.9 Å². The van der Waals surface area contributed by atoms with Crippen LogP contribution in [0.4, 0.5) is 4.79 Å². The largest absolute Gasteiger partial charge is 0.444 e. The number of hydrogen-bond donors (Lipinski definition) is 0. The van der Waals surface area contributed by atoms with Crippen LogP contribution in [0.1, 0.15) is 55.6 Å². The van der Waals surface area contributed by atoms with Gasteiger partial charge in [0.15, 0.2) is 0 Å². The lowest BCUT2D eigenvalue weighted by Gasteiger charge is -2.37. The van der Waals surface area contributed by atoms with E-state index in [4.69, 9.17) is 19.8 Å². The zero-order valence-electron chi connectivity index (χ0n) is 25.5. The summed E-state index contributed by atoms with van der Waals surface area (Å²) in [7, 11) is 0. The fourth-order valence-corrected chi connectivity index (χ4v) is 6.91. The van der Waals surface area contributed by atoms with Crippen LogP contribution in [0.25, 0.3) is 21.8 Å². The highest BCUT2D eigenvalue weighted by Crippen LogP contribution is 2.44. The van der Waals surface area contributed by atoms with Crippen molar-refractivity contribution in [2.24, 2.45) is 0 Å². The monoisotopic (exact) mass is 659 g/mol. The summed E-state index contributed by atoms with van der Waals surface area (Å²) in [4.78, 5) is 24.2. The molecule has 45 heavy (non-hydrogen) atoms. The van der Waals surface area contributed by atoms with Gasteiger partial charge in [0.05, 0.1) is 11.0 Å². The first-order chi connectivity index (χ1) is 21.7. The first kappa shape index (κ1) is 29.2. The van der Waals surface area contributed by atoms with Crippen molar-refractivity contribution in [2.75, 3.05) is 13.1 Å². The third-order valence-electron chi connectivity index (χ3n) is 8.45. The Bertz CT molecular complexity index is 1890. The maximum absolute atomic E-state index is 12.7. The summed E-state index contributed by atoms with van der Waals surface area (Å²) in [6, 6.07) is 35.8. The number of hydrogen-bond acceptors (Lipinski definition) is 5. The molecule has 7 nitrogen and oxygen atoms in total. The van der Waals surface area contributed by atoms with Crippen LogP contribution in [0.2, 0.25) is 0 Å². The van der Waals surface area contributed by atoms with E-state index in [-0.39, 0.29) is 12.0 Å². The van der Waals surface area contributed by atoms with Crippen LogP contribution >= 0.6 is 15.9 Å². The Morgan fingerprint density at radius 3 is 2.00 bits per heavy atom. The molecule has 6 aromatic rings. The zero-order valence-corrected chi connectivity index (χ0v) is 27.1. The molecule has 1 unspecified atom stereocenters. The van der Waals surface area contributed by atoms with Crippen molar-refractivity contribution < 1.29 is 9.53 Å². The minimum absolute atomic E-state index is 0.0469. The number of rotatable bonds is 5. The van der Waals surface area contributed by atoms with Gasteiger partial charge in [-0.25, -0.2) is 19.4 Å². The number of halogens is 1. The highest BCUT2D eigenvalue weighted by atomic mass is 79.9. The van der Waals surface area contributed by atoms with Crippen LogP contribution < -0.4 is 0 Å². The van der Waals surface area contributed by atoms with Crippen LogP contribution in [-0.4, -0.2) is 49.4 Å². The van der Waals surface area contributed by atoms with E-state index < -0.39 is 11.1 Å². The van der Waals surface area contributed by atoms with Crippen LogP contribution in [0, 0.1) is 0 Å². The topological polar surface area (TPSA) is 73.1 Å². The molecule has 0 spiro atoms. The molecule has 8 heteroatoms. The van der Waals surface area contributed by atoms with Crippen molar-refractivity contribution in [3.8, 4) is 0 Å². The smallest absolute Gasteiger partial charge is 0.410 e. The summed E-state index contributed by atoms with van der Waals surface area (Å²) in [5, 5.41) is 7.08. The summed E-state index contributed by atoms with van der Waals surface area (Å²) in [6.45, 7) is 6.82. The molecule has 3 heterocycles. The lowest BCUT2D eigenvalue weighted by molar-refractivity contribution is 0.0292. The van der Waals surface area contributed by atoms with Gasteiger partial charge in [0.2, 0.25) is 0 Å². The zero-order chi connectivity index (χ0) is 31.2. The Hall–Kier alpha value is -4.56. The lowest BCUT2D eigenvalue weighted by atomic mass is 9.77. The van der Waals surface area contributed by atoms with Crippen LogP contribution in [0.3, 0.4) is 0 Å². The normalized spacial score (nSPS) is 15.6. The number of benzene rings is 4. The molecule has 0 bridgehead atoms. The lowest BCUT2D eigenvalue weighted by Crippen LogP contribution is -2.38. The summed E-state index contributed by atoms with van der Waals surface area (Å²) in [5.74, 6) is 0.786. The number of ether oxygens (including phenoxy) is 1. The maximum Gasteiger partial charge on any atom is 0.410 e. The van der Waals surface area contributed by atoms with E-state index in [2.05, 4.69) is 106 Å². The molecule has 0 radical (unpaired) electrons. The van der Waals surface area contributed by atoms with Gasteiger partial charge in [-0.15, -0.1) is 0 Å². The quantitative estimate of drug-likeness (QED) is 0.174. The summed E-state index contributed by atoms with van der Waals surface area (Å²) < 4.78 is 8.47. The predicted octanol–water partition coefficient (Wildman–Crippen LogP) is 8.31. The second kappa shape index (κ2) is 11.4. The molecular formula is C37H34BrN5O2. The average molecular weight is 661 g/mol. The minimum Gasteiger partial charge on any atom is -0.444 e. The van der Waals surface area contributed by atoms with Crippen LogP contribution in [0.15, 0.2) is 114 Å². The molecular weight excluding hydrogens is 626 g/mol. The average Bonchev–Trinajstić information content (AvgIpc) is 3.67. The van der Waals surface area contributed by atoms with Crippen molar-refractivity contribution in [3.05, 3.63) is 136 Å². The number of fused-ring (bicyclic) bond motifs is 2. The van der Waals surface area contributed by atoms with Gasteiger partial charge >= 0.3 is 6.09 Å². The van der Waals surface area contributed by atoms with E-state index in [1.165, 1.54) is 0 Å². The van der Waals surface area contributed by atoms with Gasteiger partial charge in [0.1, 0.15) is 21.6 Å². The predicted molar refractivity (Wildman–Crippen MR) is 180 cm³/mol. The first-order valence-corrected chi connectivity index (χ1v) is 16.0. The molecule has 4 aromatic carbocycles. The van der Waals surface area contributed by atoms with E-state index in [9.17, 15) is 4.79 Å². The number of carbonyl (C=O) groups is 1. The third-order valence-corrected chi connectivity index (χ3v) is 9.04. The minimum atomic E-state index is -0.752. The van der Waals surface area contributed by atoms with Crippen molar-refractivity contribution in [1.29, 1.82) is 0 Å². The second-order valence-corrected chi connectivity index (χ2v) is 13.3. The fourth-order valence-electron chi connectivity index (χ4n) is 6.44. The van der Waals surface area contributed by atoms with Crippen molar-refractivity contribution >= 4 is 43.8 Å². The molecule has 1 atom stereocenters. The SMILES string of the molecule is CC(C)(C)OC(=O)N1CCC(c2ncc3cc4c(cc3n2)c(Br)nn4C(c2ccccc2)(c2ccccc2)c2ccccc2)C1. The fraction of sp³-hybridized carbons (Fsp3) is 0.243. The van der Waals surface area contributed by atoms with Gasteiger partial charge in [-0.2, -0.15) is 5.10 Å². The Kier molecular flexibility index (Phi) is 7.40. The van der Waals surface area contributed by atoms with Gasteiger partial charge in [0.25, 0.3) is 0 Å². The standard InChI is InChI=1S/C37H34BrN5O2/c1-36(2,3)45-35(44)42-20-19-25(24-42)34-39-23-26-21-32-30(22-31(26)40-34)33(38)41-43(32)37(27-13-7-4-8-14-27,28-15-9-5-10-16-28)29-17-11-6-12-18-29/h4-18,21-23,25H,19-20,24H2,1-3H3.